The van der Waals surface area contributed by atoms with Gasteiger partial charge in [-0.25, -0.2) is 4.98 Å². The van der Waals surface area contributed by atoms with Crippen molar-refractivity contribution >= 4 is 44.2 Å². The fraction of sp³-hybridized carbons (Fsp3) is 0.0263. The summed E-state index contributed by atoms with van der Waals surface area (Å²) in [5.74, 6) is 0.964. The number of fused-ring (bicyclic) bond motifs is 5. The van der Waals surface area contributed by atoms with Crippen LogP contribution in [0.3, 0.4) is 0 Å². The van der Waals surface area contributed by atoms with E-state index in [2.05, 4.69) is 161 Å². The van der Waals surface area contributed by atoms with Crippen LogP contribution in [0.1, 0.15) is 0 Å². The molecule has 0 amide bonds. The third-order valence-electron chi connectivity index (χ3n) is 8.66. The van der Waals surface area contributed by atoms with Crippen molar-refractivity contribution in [2.75, 3.05) is 11.9 Å². The summed E-state index contributed by atoms with van der Waals surface area (Å²) in [7, 11) is 2.17. The van der Waals surface area contributed by atoms with Gasteiger partial charge in [0.1, 0.15) is 5.82 Å². The Bertz CT molecular complexity index is 2250. The summed E-state index contributed by atoms with van der Waals surface area (Å²) < 4.78 is 4.71. The van der Waals surface area contributed by atoms with Crippen molar-refractivity contribution < 1.29 is 0 Å². The molecule has 0 saturated carbocycles. The van der Waals surface area contributed by atoms with E-state index in [1.807, 2.05) is 0 Å². The third kappa shape index (κ3) is 3.15. The Labute approximate surface area is 243 Å². The van der Waals surface area contributed by atoms with Gasteiger partial charge in [0.15, 0.2) is 0 Å². The van der Waals surface area contributed by atoms with E-state index in [1.54, 1.807) is 0 Å². The van der Waals surface area contributed by atoms with Crippen molar-refractivity contribution in [3.05, 3.63) is 140 Å². The van der Waals surface area contributed by atoms with Crippen LogP contribution in [0.4, 0.5) is 11.4 Å². The van der Waals surface area contributed by atoms with E-state index in [-0.39, 0.29) is 0 Å². The zero-order valence-corrected chi connectivity index (χ0v) is 23.1. The Kier molecular flexibility index (Phi) is 4.79. The first-order chi connectivity index (χ1) is 20.8. The first kappa shape index (κ1) is 23.1. The number of hydrogen-bond acceptors (Lipinski definition) is 2. The topological polar surface area (TPSA) is 26.0 Å². The first-order valence-electron chi connectivity index (χ1n) is 14.3. The van der Waals surface area contributed by atoms with Gasteiger partial charge in [-0.3, -0.25) is 4.57 Å². The Hall–Kier alpha value is -5.61. The second kappa shape index (κ2) is 8.69. The highest BCUT2D eigenvalue weighted by Crippen LogP contribution is 2.48. The van der Waals surface area contributed by atoms with E-state index in [1.165, 1.54) is 38.6 Å². The van der Waals surface area contributed by atoms with Gasteiger partial charge in [-0.05, 0) is 48.0 Å². The van der Waals surface area contributed by atoms with Crippen molar-refractivity contribution in [3.8, 4) is 33.9 Å². The number of imidazole rings is 1. The number of nitrogens with zero attached hydrogens (tertiary/aromatic N) is 4. The van der Waals surface area contributed by atoms with Crippen molar-refractivity contribution in [2.24, 2.45) is 0 Å². The van der Waals surface area contributed by atoms with Crippen molar-refractivity contribution in [1.29, 1.82) is 0 Å². The number of rotatable bonds is 3. The van der Waals surface area contributed by atoms with Gasteiger partial charge in [-0.2, -0.15) is 0 Å². The summed E-state index contributed by atoms with van der Waals surface area (Å²) >= 11 is 0. The Morgan fingerprint density at radius 1 is 0.500 bits per heavy atom. The highest BCUT2D eigenvalue weighted by atomic mass is 15.2. The number of aromatic nitrogens is 3. The lowest BCUT2D eigenvalue weighted by Crippen LogP contribution is -2.19. The molecule has 2 aromatic heterocycles. The Balaban J connectivity index is 1.23. The normalized spacial score (nSPS) is 12.4. The number of hydrogen-bond donors (Lipinski definition) is 0. The van der Waals surface area contributed by atoms with Crippen LogP contribution in [-0.4, -0.2) is 21.2 Å². The van der Waals surface area contributed by atoms with E-state index in [0.717, 1.165) is 39.5 Å². The molecule has 0 atom stereocenters. The molecule has 4 heteroatoms. The van der Waals surface area contributed by atoms with Crippen LogP contribution in [0.2, 0.25) is 0 Å². The number of anilines is 2. The largest absolute Gasteiger partial charge is 0.341 e. The molecule has 0 saturated heterocycles. The summed E-state index contributed by atoms with van der Waals surface area (Å²) in [4.78, 5) is 7.44. The molecule has 0 aliphatic carbocycles. The van der Waals surface area contributed by atoms with E-state index >= 15 is 0 Å². The van der Waals surface area contributed by atoms with Gasteiger partial charge in [0.25, 0.3) is 0 Å². The van der Waals surface area contributed by atoms with Crippen LogP contribution < -0.4 is 4.90 Å². The van der Waals surface area contributed by atoms with Gasteiger partial charge in [0.05, 0.1) is 39.1 Å². The number of para-hydroxylation sites is 4. The third-order valence-corrected chi connectivity index (χ3v) is 8.66. The molecule has 0 radical (unpaired) electrons. The first-order valence-corrected chi connectivity index (χ1v) is 14.3. The minimum absolute atomic E-state index is 0.964. The smallest absolute Gasteiger partial charge is 0.145 e. The molecule has 198 valence electrons. The summed E-state index contributed by atoms with van der Waals surface area (Å²) in [6.45, 7) is 0. The molecule has 0 N–H and O–H groups in total. The molecule has 1 aliphatic rings. The zero-order valence-electron chi connectivity index (χ0n) is 23.1. The van der Waals surface area contributed by atoms with Crippen LogP contribution in [0, 0.1) is 0 Å². The minimum atomic E-state index is 0.964. The van der Waals surface area contributed by atoms with E-state index in [9.17, 15) is 0 Å². The molecule has 6 aromatic carbocycles. The highest BCUT2D eigenvalue weighted by Gasteiger charge is 2.28. The van der Waals surface area contributed by atoms with Crippen molar-refractivity contribution in [1.82, 2.24) is 14.1 Å². The van der Waals surface area contributed by atoms with Crippen LogP contribution in [0.15, 0.2) is 140 Å². The zero-order chi connectivity index (χ0) is 27.8. The lowest BCUT2D eigenvalue weighted by atomic mass is 9.99. The molecule has 0 bridgehead atoms. The highest BCUT2D eigenvalue weighted by molar-refractivity contribution is 6.09. The maximum Gasteiger partial charge on any atom is 0.145 e. The SMILES string of the molecule is CN1c2c(-c3ccc(-n4c5ccccc5c5ccccc54)cc3)cccc2-n2c(-c3ccccc3)nc3cccc1c32. The standard InChI is InChI=1S/C38H26N4/c1-40-34-19-10-16-31-37(34)42(38(39-31)26-11-3-2-4-12-26)35-20-9-15-28(36(35)40)25-21-23-27(24-22-25)41-32-17-7-5-13-29(32)30-14-6-8-18-33(30)41/h2-24H,1H3. The molecular weight excluding hydrogens is 512 g/mol. The van der Waals surface area contributed by atoms with Crippen molar-refractivity contribution in [2.45, 2.75) is 0 Å². The molecule has 8 aromatic rings. The van der Waals surface area contributed by atoms with Gasteiger partial charge in [-0.15, -0.1) is 0 Å². The lowest BCUT2D eigenvalue weighted by molar-refractivity contribution is 1.05. The molecule has 9 rings (SSSR count). The minimum Gasteiger partial charge on any atom is -0.341 e. The van der Waals surface area contributed by atoms with Gasteiger partial charge >= 0.3 is 0 Å². The molecular formula is C38H26N4. The summed E-state index contributed by atoms with van der Waals surface area (Å²) in [5, 5.41) is 2.55. The molecule has 0 spiro atoms. The average molecular weight is 539 g/mol. The maximum atomic E-state index is 5.11. The van der Waals surface area contributed by atoms with Gasteiger partial charge in [0, 0.05) is 34.6 Å². The Morgan fingerprint density at radius 3 is 1.88 bits per heavy atom. The fourth-order valence-corrected chi connectivity index (χ4v) is 6.80. The second-order valence-corrected chi connectivity index (χ2v) is 10.9. The predicted octanol–water partition coefficient (Wildman–Crippen LogP) is 9.54. The average Bonchev–Trinajstić information content (AvgIpc) is 3.61. The quantitative estimate of drug-likeness (QED) is 0.224. The Morgan fingerprint density at radius 2 is 1.14 bits per heavy atom. The maximum absolute atomic E-state index is 5.11. The molecule has 1 aliphatic heterocycles. The second-order valence-electron chi connectivity index (χ2n) is 10.9. The van der Waals surface area contributed by atoms with Crippen LogP contribution in [0.25, 0.3) is 66.7 Å². The van der Waals surface area contributed by atoms with E-state index < -0.39 is 0 Å². The fourth-order valence-electron chi connectivity index (χ4n) is 6.80. The van der Waals surface area contributed by atoms with E-state index in [4.69, 9.17) is 4.98 Å². The lowest BCUT2D eigenvalue weighted by Gasteiger charge is -2.32. The summed E-state index contributed by atoms with van der Waals surface area (Å²) in [5.41, 5.74) is 12.7. The van der Waals surface area contributed by atoms with Crippen LogP contribution >= 0.6 is 0 Å². The molecule has 42 heavy (non-hydrogen) atoms. The summed E-state index contributed by atoms with van der Waals surface area (Å²) in [6, 6.07) is 49.8. The summed E-state index contributed by atoms with van der Waals surface area (Å²) in [6.07, 6.45) is 0. The van der Waals surface area contributed by atoms with Gasteiger partial charge < -0.3 is 9.47 Å². The molecule has 0 unspecified atom stereocenters. The molecule has 3 heterocycles. The van der Waals surface area contributed by atoms with Crippen LogP contribution in [-0.2, 0) is 0 Å². The monoisotopic (exact) mass is 538 g/mol. The van der Waals surface area contributed by atoms with Crippen molar-refractivity contribution in [3.63, 3.8) is 0 Å². The predicted molar refractivity (Wildman–Crippen MR) is 174 cm³/mol. The van der Waals surface area contributed by atoms with E-state index in [0.29, 0.717) is 0 Å². The molecule has 4 nitrogen and oxygen atoms in total. The van der Waals surface area contributed by atoms with Crippen LogP contribution in [0.5, 0.6) is 0 Å². The molecule has 0 fully saturated rings. The van der Waals surface area contributed by atoms with Gasteiger partial charge in [-0.1, -0.05) is 97.1 Å². The van der Waals surface area contributed by atoms with Gasteiger partial charge in [0.2, 0.25) is 0 Å². The number of benzene rings is 6.